The summed E-state index contributed by atoms with van der Waals surface area (Å²) in [5.41, 5.74) is 5.15. The minimum absolute atomic E-state index is 0.0238. The Morgan fingerprint density at radius 3 is 1.38 bits per heavy atom. The molecule has 1 nitrogen and oxygen atoms in total. The van der Waals surface area contributed by atoms with Gasteiger partial charge in [0.1, 0.15) is 0 Å². The predicted octanol–water partition coefficient (Wildman–Crippen LogP) is 6.38. The molecule has 0 saturated carbocycles. The Morgan fingerprint density at radius 2 is 0.958 bits per heavy atom. The van der Waals surface area contributed by atoms with Crippen LogP contribution in [0.3, 0.4) is 0 Å². The fourth-order valence-electron chi connectivity index (χ4n) is 4.01. The quantitative estimate of drug-likeness (QED) is 0.397. The van der Waals surface area contributed by atoms with Crippen molar-refractivity contribution in [3.63, 3.8) is 0 Å². The van der Waals surface area contributed by atoms with Crippen molar-refractivity contribution in [1.82, 2.24) is 0 Å². The Labute approximate surface area is 141 Å². The SMILES string of the molecule is CC1(C)c2cc3ccccc3cc2Nc2cc3ccccc3cc21. The summed E-state index contributed by atoms with van der Waals surface area (Å²) in [6, 6.07) is 26.4. The second-order valence-electron chi connectivity index (χ2n) is 7.24. The summed E-state index contributed by atoms with van der Waals surface area (Å²) in [5, 5.41) is 8.85. The Bertz CT molecular complexity index is 1020. The number of anilines is 2. The molecule has 1 N–H and O–H groups in total. The van der Waals surface area contributed by atoms with E-state index in [4.69, 9.17) is 0 Å². The van der Waals surface area contributed by atoms with Crippen molar-refractivity contribution in [1.29, 1.82) is 0 Å². The highest BCUT2D eigenvalue weighted by molar-refractivity contribution is 5.94. The zero-order valence-electron chi connectivity index (χ0n) is 13.9. The first-order chi connectivity index (χ1) is 11.6. The molecule has 0 fully saturated rings. The lowest BCUT2D eigenvalue weighted by Crippen LogP contribution is -2.26. The second-order valence-corrected chi connectivity index (χ2v) is 7.24. The van der Waals surface area contributed by atoms with Gasteiger partial charge >= 0.3 is 0 Å². The van der Waals surface area contributed by atoms with Crippen LogP contribution in [0.1, 0.15) is 25.0 Å². The molecule has 0 saturated heterocycles. The normalized spacial score (nSPS) is 14.9. The van der Waals surface area contributed by atoms with Crippen LogP contribution in [0.2, 0.25) is 0 Å². The minimum Gasteiger partial charge on any atom is -0.355 e. The van der Waals surface area contributed by atoms with Gasteiger partial charge in [-0.05, 0) is 56.9 Å². The summed E-state index contributed by atoms with van der Waals surface area (Å²) in [6.07, 6.45) is 0. The van der Waals surface area contributed by atoms with Crippen molar-refractivity contribution in [2.45, 2.75) is 19.3 Å². The molecule has 0 unspecified atom stereocenters. The summed E-state index contributed by atoms with van der Waals surface area (Å²) in [6.45, 7) is 4.66. The second kappa shape index (κ2) is 4.61. The number of benzene rings is 4. The molecule has 0 atom stereocenters. The molecule has 0 radical (unpaired) electrons. The molecule has 0 spiro atoms. The third-order valence-corrected chi connectivity index (χ3v) is 5.39. The van der Waals surface area contributed by atoms with E-state index in [-0.39, 0.29) is 5.41 Å². The Hall–Kier alpha value is -2.80. The van der Waals surface area contributed by atoms with E-state index < -0.39 is 0 Å². The maximum absolute atomic E-state index is 3.68. The first kappa shape index (κ1) is 13.6. The molecule has 4 aromatic carbocycles. The summed E-state index contributed by atoms with van der Waals surface area (Å²) in [4.78, 5) is 0. The number of rotatable bonds is 0. The molecule has 1 aliphatic heterocycles. The lowest BCUT2D eigenvalue weighted by molar-refractivity contribution is 0.640. The maximum atomic E-state index is 3.68. The predicted molar refractivity (Wildman–Crippen MR) is 103 cm³/mol. The summed E-state index contributed by atoms with van der Waals surface area (Å²) < 4.78 is 0. The summed E-state index contributed by atoms with van der Waals surface area (Å²) >= 11 is 0. The van der Waals surface area contributed by atoms with Crippen molar-refractivity contribution >= 4 is 32.9 Å². The van der Waals surface area contributed by atoms with E-state index >= 15 is 0 Å². The zero-order valence-corrected chi connectivity index (χ0v) is 13.9. The van der Waals surface area contributed by atoms with Crippen LogP contribution in [0.4, 0.5) is 11.4 Å². The fourth-order valence-corrected chi connectivity index (χ4v) is 4.01. The van der Waals surface area contributed by atoms with Crippen LogP contribution < -0.4 is 5.32 Å². The average Bonchev–Trinajstić information content (AvgIpc) is 2.59. The van der Waals surface area contributed by atoms with Gasteiger partial charge in [-0.1, -0.05) is 62.4 Å². The van der Waals surface area contributed by atoms with Crippen LogP contribution in [0.25, 0.3) is 21.5 Å². The van der Waals surface area contributed by atoms with Gasteiger partial charge in [0, 0.05) is 16.8 Å². The third kappa shape index (κ3) is 1.81. The van der Waals surface area contributed by atoms with Gasteiger partial charge in [-0.15, -0.1) is 0 Å². The van der Waals surface area contributed by atoms with E-state index in [1.807, 2.05) is 0 Å². The molecule has 1 heteroatoms. The van der Waals surface area contributed by atoms with Crippen LogP contribution in [-0.4, -0.2) is 0 Å². The number of hydrogen-bond acceptors (Lipinski definition) is 1. The third-order valence-electron chi connectivity index (χ3n) is 5.39. The van der Waals surface area contributed by atoms with E-state index in [0.717, 1.165) is 0 Å². The molecule has 1 aliphatic rings. The van der Waals surface area contributed by atoms with Gasteiger partial charge in [-0.3, -0.25) is 0 Å². The van der Waals surface area contributed by atoms with Gasteiger partial charge in [-0.2, -0.15) is 0 Å². The standard InChI is InChI=1S/C23H19N/c1-23(2)19-11-15-7-3-5-9-17(15)13-21(19)24-22-14-18-10-6-4-8-16(18)12-20(22)23/h3-14,24H,1-2H3. The highest BCUT2D eigenvalue weighted by atomic mass is 14.9. The molecule has 0 amide bonds. The first-order valence-electron chi connectivity index (χ1n) is 8.46. The van der Waals surface area contributed by atoms with Crippen molar-refractivity contribution in [2.24, 2.45) is 0 Å². The lowest BCUT2D eigenvalue weighted by atomic mass is 9.73. The Morgan fingerprint density at radius 1 is 0.583 bits per heavy atom. The topological polar surface area (TPSA) is 12.0 Å². The minimum atomic E-state index is -0.0238. The van der Waals surface area contributed by atoms with Crippen LogP contribution in [-0.2, 0) is 5.41 Å². The van der Waals surface area contributed by atoms with Crippen LogP contribution in [0, 0.1) is 0 Å². The summed E-state index contributed by atoms with van der Waals surface area (Å²) in [7, 11) is 0. The van der Waals surface area contributed by atoms with Gasteiger partial charge in [0.25, 0.3) is 0 Å². The molecule has 116 valence electrons. The largest absolute Gasteiger partial charge is 0.355 e. The maximum Gasteiger partial charge on any atom is 0.0432 e. The molecule has 0 bridgehead atoms. The molecule has 24 heavy (non-hydrogen) atoms. The van der Waals surface area contributed by atoms with E-state index in [9.17, 15) is 0 Å². The molecule has 0 aromatic heterocycles. The number of fused-ring (bicyclic) bond motifs is 4. The zero-order chi connectivity index (χ0) is 16.3. The van der Waals surface area contributed by atoms with Gasteiger partial charge in [0.15, 0.2) is 0 Å². The summed E-state index contributed by atoms with van der Waals surface area (Å²) in [5.74, 6) is 0. The molecular weight excluding hydrogens is 290 g/mol. The molecule has 0 aliphatic carbocycles. The highest BCUT2D eigenvalue weighted by Crippen LogP contribution is 2.47. The van der Waals surface area contributed by atoms with Gasteiger partial charge in [-0.25, -0.2) is 0 Å². The number of nitrogens with one attached hydrogen (secondary N) is 1. The molecule has 1 heterocycles. The van der Waals surface area contributed by atoms with Crippen molar-refractivity contribution in [2.75, 3.05) is 5.32 Å². The van der Waals surface area contributed by atoms with Crippen LogP contribution >= 0.6 is 0 Å². The fraction of sp³-hybridized carbons (Fsp3) is 0.130. The van der Waals surface area contributed by atoms with E-state index in [0.29, 0.717) is 0 Å². The van der Waals surface area contributed by atoms with Gasteiger partial charge in [0.05, 0.1) is 0 Å². The highest BCUT2D eigenvalue weighted by Gasteiger charge is 2.33. The molecule has 4 aromatic rings. The average molecular weight is 309 g/mol. The molecule has 5 rings (SSSR count). The van der Waals surface area contributed by atoms with Crippen molar-refractivity contribution < 1.29 is 0 Å². The van der Waals surface area contributed by atoms with E-state index in [2.05, 4.69) is 92.0 Å². The van der Waals surface area contributed by atoms with Crippen LogP contribution in [0.5, 0.6) is 0 Å². The van der Waals surface area contributed by atoms with Crippen molar-refractivity contribution in [3.8, 4) is 0 Å². The number of hydrogen-bond donors (Lipinski definition) is 1. The van der Waals surface area contributed by atoms with Crippen molar-refractivity contribution in [3.05, 3.63) is 83.9 Å². The lowest BCUT2D eigenvalue weighted by Gasteiger charge is -2.36. The van der Waals surface area contributed by atoms with E-state index in [1.54, 1.807) is 0 Å². The van der Waals surface area contributed by atoms with Gasteiger partial charge < -0.3 is 5.32 Å². The smallest absolute Gasteiger partial charge is 0.0432 e. The Balaban J connectivity index is 1.81. The van der Waals surface area contributed by atoms with E-state index in [1.165, 1.54) is 44.0 Å². The molecular formula is C23H19N. The van der Waals surface area contributed by atoms with Crippen LogP contribution in [0.15, 0.2) is 72.8 Å². The Kier molecular flexibility index (Phi) is 2.62. The monoisotopic (exact) mass is 309 g/mol. The van der Waals surface area contributed by atoms with Gasteiger partial charge in [0.2, 0.25) is 0 Å². The first-order valence-corrected chi connectivity index (χ1v) is 8.46.